The Hall–Kier alpha value is -2.59. The van der Waals surface area contributed by atoms with Gasteiger partial charge in [0.05, 0.1) is 12.2 Å². The van der Waals surface area contributed by atoms with Gasteiger partial charge in [0, 0.05) is 5.56 Å². The number of nitrogens with one attached hydrogen (secondary N) is 1. The van der Waals surface area contributed by atoms with Gasteiger partial charge in [0.1, 0.15) is 12.4 Å². The van der Waals surface area contributed by atoms with Gasteiger partial charge in [0.25, 0.3) is 5.91 Å². The quantitative estimate of drug-likeness (QED) is 0.877. The van der Waals surface area contributed by atoms with Gasteiger partial charge in [-0.25, -0.2) is 5.48 Å². The Labute approximate surface area is 123 Å². The number of carbonyl (C=O) groups excluding carboxylic acids is 1. The van der Waals surface area contributed by atoms with Crippen LogP contribution in [0, 0.1) is 0 Å². The van der Waals surface area contributed by atoms with Crippen molar-refractivity contribution in [1.29, 1.82) is 0 Å². The molecule has 4 heteroatoms. The van der Waals surface area contributed by atoms with Crippen molar-refractivity contribution in [2.24, 2.45) is 0 Å². The molecule has 21 heavy (non-hydrogen) atoms. The summed E-state index contributed by atoms with van der Waals surface area (Å²) in [5, 5.41) is 0. The molecule has 0 aromatic heterocycles. The van der Waals surface area contributed by atoms with Gasteiger partial charge in [-0.15, -0.1) is 0 Å². The van der Waals surface area contributed by atoms with E-state index in [1.54, 1.807) is 0 Å². The second-order valence-electron chi connectivity index (χ2n) is 4.70. The van der Waals surface area contributed by atoms with E-state index < -0.39 is 0 Å². The molecule has 3 rings (SSSR count). The summed E-state index contributed by atoms with van der Waals surface area (Å²) in [6.45, 7) is 0.578. The highest BCUT2D eigenvalue weighted by Gasteiger charge is 2.16. The standard InChI is InChI=1S/C17H15NO3/c19-17(18-21-11-13-6-2-1-3-7-13)15-10-14-8-4-5-9-16(14)20-12-15/h1-10H,11-12H2,(H,18,19). The van der Waals surface area contributed by atoms with E-state index in [1.807, 2.05) is 60.7 Å². The van der Waals surface area contributed by atoms with Crippen LogP contribution in [0.15, 0.2) is 60.2 Å². The van der Waals surface area contributed by atoms with E-state index in [0.29, 0.717) is 12.2 Å². The third kappa shape index (κ3) is 3.30. The fourth-order valence-corrected chi connectivity index (χ4v) is 2.07. The number of fused-ring (bicyclic) bond motifs is 1. The number of carbonyl (C=O) groups is 1. The lowest BCUT2D eigenvalue weighted by molar-refractivity contribution is -0.130. The Bertz CT molecular complexity index is 665. The van der Waals surface area contributed by atoms with Crippen LogP contribution in [0.3, 0.4) is 0 Å². The predicted molar refractivity (Wildman–Crippen MR) is 79.3 cm³/mol. The molecule has 2 aromatic rings. The Kier molecular flexibility index (Phi) is 3.98. The van der Waals surface area contributed by atoms with Gasteiger partial charge in [-0.1, -0.05) is 48.5 Å². The van der Waals surface area contributed by atoms with E-state index in [1.165, 1.54) is 0 Å². The smallest absolute Gasteiger partial charge is 0.274 e. The van der Waals surface area contributed by atoms with E-state index in [-0.39, 0.29) is 12.5 Å². The molecule has 1 aliphatic rings. The van der Waals surface area contributed by atoms with Crippen molar-refractivity contribution in [1.82, 2.24) is 5.48 Å². The molecule has 0 unspecified atom stereocenters. The molecule has 0 spiro atoms. The predicted octanol–water partition coefficient (Wildman–Crippen LogP) is 2.71. The number of rotatable bonds is 4. The van der Waals surface area contributed by atoms with Crippen molar-refractivity contribution in [2.45, 2.75) is 6.61 Å². The lowest BCUT2D eigenvalue weighted by atomic mass is 10.1. The van der Waals surface area contributed by atoms with E-state index in [4.69, 9.17) is 9.57 Å². The molecular formula is C17H15NO3. The summed E-state index contributed by atoms with van der Waals surface area (Å²) in [5.41, 5.74) is 4.88. The highest BCUT2D eigenvalue weighted by Crippen LogP contribution is 2.25. The number of ether oxygens (including phenoxy) is 1. The second kappa shape index (κ2) is 6.24. The fourth-order valence-electron chi connectivity index (χ4n) is 2.07. The van der Waals surface area contributed by atoms with Gasteiger partial charge in [-0.05, 0) is 17.7 Å². The monoisotopic (exact) mass is 281 g/mol. The van der Waals surface area contributed by atoms with Crippen LogP contribution in [0.4, 0.5) is 0 Å². The first-order valence-corrected chi connectivity index (χ1v) is 6.71. The molecule has 0 saturated carbocycles. The summed E-state index contributed by atoms with van der Waals surface area (Å²) in [4.78, 5) is 17.2. The minimum Gasteiger partial charge on any atom is -0.488 e. The molecule has 0 bridgehead atoms. The summed E-state index contributed by atoms with van der Waals surface area (Å²) in [5.74, 6) is 0.514. The number of hydrogen-bond donors (Lipinski definition) is 1. The van der Waals surface area contributed by atoms with Crippen molar-refractivity contribution in [3.63, 3.8) is 0 Å². The lowest BCUT2D eigenvalue weighted by Crippen LogP contribution is -2.28. The zero-order valence-corrected chi connectivity index (χ0v) is 11.4. The molecule has 0 atom stereocenters. The lowest BCUT2D eigenvalue weighted by Gasteiger charge is -2.17. The molecule has 1 N–H and O–H groups in total. The SMILES string of the molecule is O=C(NOCc1ccccc1)C1=Cc2ccccc2OC1. The minimum absolute atomic E-state index is 0.248. The maximum absolute atomic E-state index is 12.0. The molecule has 1 amide bonds. The van der Waals surface area contributed by atoms with E-state index in [0.717, 1.165) is 16.9 Å². The van der Waals surface area contributed by atoms with Crippen LogP contribution in [-0.2, 0) is 16.2 Å². The maximum atomic E-state index is 12.0. The van der Waals surface area contributed by atoms with Crippen molar-refractivity contribution >= 4 is 12.0 Å². The van der Waals surface area contributed by atoms with Gasteiger partial charge >= 0.3 is 0 Å². The number of hydroxylamine groups is 1. The zero-order chi connectivity index (χ0) is 14.5. The number of hydrogen-bond acceptors (Lipinski definition) is 3. The highest BCUT2D eigenvalue weighted by atomic mass is 16.6. The van der Waals surface area contributed by atoms with Gasteiger partial charge in [0.15, 0.2) is 0 Å². The second-order valence-corrected chi connectivity index (χ2v) is 4.70. The third-order valence-corrected chi connectivity index (χ3v) is 3.17. The van der Waals surface area contributed by atoms with Crippen LogP contribution < -0.4 is 10.2 Å². The number of amides is 1. The Morgan fingerprint density at radius 1 is 1.10 bits per heavy atom. The van der Waals surface area contributed by atoms with Crippen molar-refractivity contribution in [3.05, 3.63) is 71.3 Å². The zero-order valence-electron chi connectivity index (χ0n) is 11.4. The van der Waals surface area contributed by atoms with Gasteiger partial charge in [-0.2, -0.15) is 0 Å². The summed E-state index contributed by atoms with van der Waals surface area (Å²) in [6.07, 6.45) is 1.82. The normalized spacial score (nSPS) is 12.9. The van der Waals surface area contributed by atoms with Crippen LogP contribution >= 0.6 is 0 Å². The van der Waals surface area contributed by atoms with Crippen molar-refractivity contribution < 1.29 is 14.4 Å². The molecule has 4 nitrogen and oxygen atoms in total. The third-order valence-electron chi connectivity index (χ3n) is 3.17. The Morgan fingerprint density at radius 2 is 1.86 bits per heavy atom. The van der Waals surface area contributed by atoms with Crippen LogP contribution in [0.25, 0.3) is 6.08 Å². The van der Waals surface area contributed by atoms with Crippen molar-refractivity contribution in [3.8, 4) is 5.75 Å². The van der Waals surface area contributed by atoms with Gasteiger partial charge < -0.3 is 4.74 Å². The molecule has 0 fully saturated rings. The molecule has 0 radical (unpaired) electrons. The van der Waals surface area contributed by atoms with Crippen LogP contribution in [-0.4, -0.2) is 12.5 Å². The first kappa shape index (κ1) is 13.4. The maximum Gasteiger partial charge on any atom is 0.274 e. The van der Waals surface area contributed by atoms with Crippen LogP contribution in [0.5, 0.6) is 5.75 Å². The molecule has 1 aliphatic heterocycles. The summed E-state index contributed by atoms with van der Waals surface area (Å²) < 4.78 is 5.54. The van der Waals surface area contributed by atoms with E-state index >= 15 is 0 Å². The average Bonchev–Trinajstić information content (AvgIpc) is 2.55. The molecular weight excluding hydrogens is 266 g/mol. The van der Waals surface area contributed by atoms with E-state index in [9.17, 15) is 4.79 Å². The first-order valence-electron chi connectivity index (χ1n) is 6.71. The molecule has 0 aliphatic carbocycles. The number of benzene rings is 2. The fraction of sp³-hybridized carbons (Fsp3) is 0.118. The molecule has 2 aromatic carbocycles. The summed E-state index contributed by atoms with van der Waals surface area (Å²) in [7, 11) is 0. The molecule has 0 saturated heterocycles. The number of para-hydroxylation sites is 1. The minimum atomic E-state index is -0.277. The van der Waals surface area contributed by atoms with Crippen LogP contribution in [0.2, 0.25) is 0 Å². The highest BCUT2D eigenvalue weighted by molar-refractivity contribution is 5.98. The van der Waals surface area contributed by atoms with Crippen molar-refractivity contribution in [2.75, 3.05) is 6.61 Å². The van der Waals surface area contributed by atoms with Crippen LogP contribution in [0.1, 0.15) is 11.1 Å². The van der Waals surface area contributed by atoms with Gasteiger partial charge in [0.2, 0.25) is 0 Å². The summed E-state index contributed by atoms with van der Waals surface area (Å²) >= 11 is 0. The van der Waals surface area contributed by atoms with Gasteiger partial charge in [-0.3, -0.25) is 9.63 Å². The topological polar surface area (TPSA) is 47.6 Å². The Balaban J connectivity index is 1.58. The molecule has 1 heterocycles. The molecule has 106 valence electrons. The summed E-state index contributed by atoms with van der Waals surface area (Å²) in [6, 6.07) is 17.3. The Morgan fingerprint density at radius 3 is 2.71 bits per heavy atom. The van der Waals surface area contributed by atoms with E-state index in [2.05, 4.69) is 5.48 Å². The average molecular weight is 281 g/mol. The largest absolute Gasteiger partial charge is 0.488 e. The first-order chi connectivity index (χ1) is 10.3.